The number of hydrogen-bond acceptors (Lipinski definition) is 3. The highest BCUT2D eigenvalue weighted by atomic mass is 16.4. The van der Waals surface area contributed by atoms with Crippen LogP contribution in [0.2, 0.25) is 0 Å². The minimum atomic E-state index is -1.49. The molecular weight excluding hydrogens is 196 g/mol. The molecule has 0 radical (unpaired) electrons. The lowest BCUT2D eigenvalue weighted by molar-refractivity contribution is -0.147. The second-order valence-electron chi connectivity index (χ2n) is 3.20. The van der Waals surface area contributed by atoms with E-state index in [1.165, 1.54) is 0 Å². The van der Waals surface area contributed by atoms with Gasteiger partial charge in [0.2, 0.25) is 0 Å². The first-order chi connectivity index (χ1) is 7.00. The van der Waals surface area contributed by atoms with Crippen LogP contribution in [-0.2, 0) is 9.59 Å². The third-order valence-electron chi connectivity index (χ3n) is 1.84. The molecule has 0 fully saturated rings. The Bertz CT molecular complexity index is 371. The number of nitrogens with one attached hydrogen (secondary N) is 1. The molecule has 1 rings (SSSR count). The van der Waals surface area contributed by atoms with Gasteiger partial charge in [-0.15, -0.1) is 0 Å². The molecule has 0 saturated heterocycles. The van der Waals surface area contributed by atoms with E-state index in [-0.39, 0.29) is 0 Å². The van der Waals surface area contributed by atoms with E-state index in [1.54, 1.807) is 24.3 Å². The summed E-state index contributed by atoms with van der Waals surface area (Å²) in [6, 6.07) is 6.88. The average molecular weight is 208 g/mol. The standard InChI is InChI=1S/C10H12N2O3/c1-12(2)8-5-3-7(4-6-8)11-9(13)10(14)15/h3-6H,1-2H3,(H,11,13)(H,14,15). The first-order valence-electron chi connectivity index (χ1n) is 4.32. The number of aliphatic carboxylic acids is 1. The van der Waals surface area contributed by atoms with Crippen LogP contribution in [-0.4, -0.2) is 31.1 Å². The fourth-order valence-corrected chi connectivity index (χ4v) is 1.03. The monoisotopic (exact) mass is 208 g/mol. The summed E-state index contributed by atoms with van der Waals surface area (Å²) in [4.78, 5) is 23.0. The molecule has 2 N–H and O–H groups in total. The fourth-order valence-electron chi connectivity index (χ4n) is 1.03. The summed E-state index contributed by atoms with van der Waals surface area (Å²) in [5.41, 5.74) is 1.44. The third-order valence-corrected chi connectivity index (χ3v) is 1.84. The minimum absolute atomic E-state index is 0.466. The number of carboxylic acid groups (broad SMARTS) is 1. The second-order valence-corrected chi connectivity index (χ2v) is 3.20. The van der Waals surface area contributed by atoms with E-state index in [0.29, 0.717) is 5.69 Å². The van der Waals surface area contributed by atoms with Gasteiger partial charge in [0.15, 0.2) is 0 Å². The minimum Gasteiger partial charge on any atom is -0.474 e. The highest BCUT2D eigenvalue weighted by molar-refractivity contribution is 6.36. The van der Waals surface area contributed by atoms with E-state index in [9.17, 15) is 9.59 Å². The highest BCUT2D eigenvalue weighted by Crippen LogP contribution is 2.15. The van der Waals surface area contributed by atoms with Gasteiger partial charge in [0.25, 0.3) is 0 Å². The molecule has 1 amide bonds. The van der Waals surface area contributed by atoms with E-state index in [0.717, 1.165) is 5.69 Å². The molecule has 1 aromatic rings. The Hall–Kier alpha value is -2.04. The first kappa shape index (κ1) is 11.0. The van der Waals surface area contributed by atoms with Crippen molar-refractivity contribution >= 4 is 23.3 Å². The van der Waals surface area contributed by atoms with Crippen molar-refractivity contribution < 1.29 is 14.7 Å². The Morgan fingerprint density at radius 2 is 1.73 bits per heavy atom. The van der Waals surface area contributed by atoms with E-state index >= 15 is 0 Å². The van der Waals surface area contributed by atoms with Crippen LogP contribution < -0.4 is 10.2 Å². The number of carboxylic acids is 1. The van der Waals surface area contributed by atoms with Crippen molar-refractivity contribution in [3.63, 3.8) is 0 Å². The van der Waals surface area contributed by atoms with Crippen molar-refractivity contribution in [1.29, 1.82) is 0 Å². The van der Waals surface area contributed by atoms with Crippen molar-refractivity contribution in [2.75, 3.05) is 24.3 Å². The zero-order valence-electron chi connectivity index (χ0n) is 8.52. The zero-order valence-corrected chi connectivity index (χ0v) is 8.52. The van der Waals surface area contributed by atoms with Gasteiger partial charge >= 0.3 is 11.9 Å². The molecule has 0 spiro atoms. The van der Waals surface area contributed by atoms with E-state index < -0.39 is 11.9 Å². The highest BCUT2D eigenvalue weighted by Gasteiger charge is 2.10. The summed E-state index contributed by atoms with van der Waals surface area (Å²) in [6.45, 7) is 0. The predicted molar refractivity (Wildman–Crippen MR) is 57.0 cm³/mol. The van der Waals surface area contributed by atoms with Gasteiger partial charge in [-0.1, -0.05) is 0 Å². The van der Waals surface area contributed by atoms with Crippen molar-refractivity contribution in [2.45, 2.75) is 0 Å². The number of nitrogens with zero attached hydrogens (tertiary/aromatic N) is 1. The summed E-state index contributed by atoms with van der Waals surface area (Å²) in [6.07, 6.45) is 0. The normalized spacial score (nSPS) is 9.47. The van der Waals surface area contributed by atoms with Gasteiger partial charge in [-0.05, 0) is 24.3 Å². The van der Waals surface area contributed by atoms with Gasteiger partial charge in [0.1, 0.15) is 0 Å². The maximum Gasteiger partial charge on any atom is 0.394 e. The van der Waals surface area contributed by atoms with Crippen LogP contribution in [0.3, 0.4) is 0 Å². The van der Waals surface area contributed by atoms with Crippen LogP contribution in [0, 0.1) is 0 Å². The molecule has 0 aliphatic rings. The van der Waals surface area contributed by atoms with Gasteiger partial charge < -0.3 is 15.3 Å². The number of benzene rings is 1. The average Bonchev–Trinajstić information content (AvgIpc) is 2.18. The molecule has 0 bridgehead atoms. The first-order valence-corrected chi connectivity index (χ1v) is 4.32. The molecule has 1 aromatic carbocycles. The molecule has 0 atom stereocenters. The second kappa shape index (κ2) is 4.45. The maximum absolute atomic E-state index is 10.8. The topological polar surface area (TPSA) is 69.6 Å². The molecule has 0 aliphatic heterocycles. The van der Waals surface area contributed by atoms with Crippen molar-refractivity contribution in [2.24, 2.45) is 0 Å². The Morgan fingerprint density at radius 3 is 2.13 bits per heavy atom. The van der Waals surface area contributed by atoms with Crippen LogP contribution >= 0.6 is 0 Å². The number of anilines is 2. The molecule has 0 heterocycles. The summed E-state index contributed by atoms with van der Waals surface area (Å²) in [7, 11) is 3.79. The lowest BCUT2D eigenvalue weighted by Gasteiger charge is -2.12. The summed E-state index contributed by atoms with van der Waals surface area (Å²) in [5.74, 6) is -2.53. The van der Waals surface area contributed by atoms with Gasteiger partial charge in [0, 0.05) is 25.5 Å². The van der Waals surface area contributed by atoms with E-state index in [4.69, 9.17) is 5.11 Å². The Labute approximate surface area is 87.3 Å². The predicted octanol–water partition coefficient (Wildman–Crippen LogP) is 0.776. The van der Waals surface area contributed by atoms with Crippen LogP contribution in [0.5, 0.6) is 0 Å². The molecule has 0 unspecified atom stereocenters. The maximum atomic E-state index is 10.8. The summed E-state index contributed by atoms with van der Waals surface area (Å²) < 4.78 is 0. The third kappa shape index (κ3) is 2.98. The van der Waals surface area contributed by atoms with Crippen molar-refractivity contribution in [3.8, 4) is 0 Å². The number of carbonyl (C=O) groups is 2. The number of carbonyl (C=O) groups excluding carboxylic acids is 1. The number of amides is 1. The molecule has 0 aromatic heterocycles. The SMILES string of the molecule is CN(C)c1ccc(NC(=O)C(=O)O)cc1. The molecule has 15 heavy (non-hydrogen) atoms. The van der Waals surface area contributed by atoms with Crippen LogP contribution in [0.4, 0.5) is 11.4 Å². The Kier molecular flexibility index (Phi) is 3.28. The summed E-state index contributed by atoms with van der Waals surface area (Å²) in [5, 5.41) is 10.6. The molecule has 5 nitrogen and oxygen atoms in total. The van der Waals surface area contributed by atoms with Gasteiger partial charge in [-0.25, -0.2) is 4.79 Å². The van der Waals surface area contributed by atoms with Gasteiger partial charge in [-0.2, -0.15) is 0 Å². The Balaban J connectivity index is 2.73. The summed E-state index contributed by atoms with van der Waals surface area (Å²) >= 11 is 0. The molecule has 80 valence electrons. The fraction of sp³-hybridized carbons (Fsp3) is 0.200. The largest absolute Gasteiger partial charge is 0.474 e. The van der Waals surface area contributed by atoms with Crippen LogP contribution in [0.1, 0.15) is 0 Å². The van der Waals surface area contributed by atoms with E-state index in [1.807, 2.05) is 19.0 Å². The lowest BCUT2D eigenvalue weighted by Crippen LogP contribution is -2.21. The quantitative estimate of drug-likeness (QED) is 0.704. The van der Waals surface area contributed by atoms with Crippen LogP contribution in [0.25, 0.3) is 0 Å². The van der Waals surface area contributed by atoms with Crippen molar-refractivity contribution in [3.05, 3.63) is 24.3 Å². The molecule has 0 aliphatic carbocycles. The molecule has 0 saturated carbocycles. The molecule has 5 heteroatoms. The van der Waals surface area contributed by atoms with Gasteiger partial charge in [0.05, 0.1) is 0 Å². The molecular formula is C10H12N2O3. The Morgan fingerprint density at radius 1 is 1.20 bits per heavy atom. The number of hydrogen-bond donors (Lipinski definition) is 2. The smallest absolute Gasteiger partial charge is 0.394 e. The lowest BCUT2D eigenvalue weighted by atomic mass is 10.2. The van der Waals surface area contributed by atoms with Crippen LogP contribution in [0.15, 0.2) is 24.3 Å². The van der Waals surface area contributed by atoms with Crippen molar-refractivity contribution in [1.82, 2.24) is 0 Å². The van der Waals surface area contributed by atoms with E-state index in [2.05, 4.69) is 5.32 Å². The number of rotatable bonds is 2. The zero-order chi connectivity index (χ0) is 11.4. The van der Waals surface area contributed by atoms with Gasteiger partial charge in [-0.3, -0.25) is 4.79 Å².